The number of carboxylic acids is 1. The molecule has 7 atom stereocenters. The summed E-state index contributed by atoms with van der Waals surface area (Å²) in [7, 11) is 0. The summed E-state index contributed by atoms with van der Waals surface area (Å²) in [5.41, 5.74) is -4.15. The Kier molecular flexibility index (Phi) is 9.58. The lowest BCUT2D eigenvalue weighted by atomic mass is 9.67. The van der Waals surface area contributed by atoms with Gasteiger partial charge in [-0.25, -0.2) is 4.99 Å². The van der Waals surface area contributed by atoms with Crippen LogP contribution in [0, 0.1) is 23.2 Å². The molecule has 0 saturated carbocycles. The number of hydrogen-bond acceptors (Lipinski definition) is 10. The van der Waals surface area contributed by atoms with Crippen molar-refractivity contribution in [2.75, 3.05) is 0 Å². The fourth-order valence-corrected chi connectivity index (χ4v) is 8.62. The molecule has 7 unspecified atom stereocenters. The minimum absolute atomic E-state index is 0.170. The molecular weight excluding hydrogens is 542 g/mol. The number of nitriles is 1. The van der Waals surface area contributed by atoms with Gasteiger partial charge in [0.1, 0.15) is 0 Å². The number of piperidine rings is 3. The first-order valence-electron chi connectivity index (χ1n) is 14.8. The molecule has 0 spiro atoms. The second-order valence-corrected chi connectivity index (χ2v) is 15.7. The van der Waals surface area contributed by atoms with Gasteiger partial charge in [-0.15, -0.1) is 0 Å². The Hall–Kier alpha value is -1.48. The fourth-order valence-electron chi connectivity index (χ4n) is 8.47. The monoisotopic (exact) mass is 593 g/mol. The summed E-state index contributed by atoms with van der Waals surface area (Å²) in [5.74, 6) is -1.60. The van der Waals surface area contributed by atoms with E-state index >= 15 is 0 Å². The maximum absolute atomic E-state index is 12.0. The molecule has 3 heterocycles. The van der Waals surface area contributed by atoms with Crippen molar-refractivity contribution < 1.29 is 25.5 Å². The summed E-state index contributed by atoms with van der Waals surface area (Å²) >= 11 is 4.97. The van der Waals surface area contributed by atoms with Crippen molar-refractivity contribution in [3.8, 4) is 6.07 Å². The average Bonchev–Trinajstić information content (AvgIpc) is 2.86. The SMILES string of the molecule is CC1(C)CC(C#N)CC(C)(CCC2(C)CC(N=C=S)CC(C)(CCC3(C)CC(C(=O)O)CC(C)(C)N3O)N2O)N1O. The summed E-state index contributed by atoms with van der Waals surface area (Å²) in [6.07, 6.45) is 4.92. The summed E-state index contributed by atoms with van der Waals surface area (Å²) in [6, 6.07) is 2.23. The molecular formula is C30H51N5O5S. The number of thiocarbonyl (C=S) groups is 1. The average molecular weight is 594 g/mol. The Balaban J connectivity index is 1.86. The molecule has 41 heavy (non-hydrogen) atoms. The van der Waals surface area contributed by atoms with E-state index in [0.717, 1.165) is 0 Å². The van der Waals surface area contributed by atoms with E-state index in [-0.39, 0.29) is 12.0 Å². The van der Waals surface area contributed by atoms with Crippen LogP contribution < -0.4 is 0 Å². The number of nitrogens with zero attached hydrogens (tertiary/aromatic N) is 5. The summed E-state index contributed by atoms with van der Waals surface area (Å²) in [5, 5.41) is 60.5. The zero-order valence-electron chi connectivity index (χ0n) is 26.1. The van der Waals surface area contributed by atoms with Crippen molar-refractivity contribution in [2.24, 2.45) is 16.8 Å². The van der Waals surface area contributed by atoms with Gasteiger partial charge in [0, 0.05) is 39.2 Å². The highest BCUT2D eigenvalue weighted by Crippen LogP contribution is 2.49. The fraction of sp³-hybridized carbons (Fsp3) is 0.900. The highest BCUT2D eigenvalue weighted by Gasteiger charge is 2.55. The molecule has 232 valence electrons. The zero-order chi connectivity index (χ0) is 31.2. The molecule has 0 aromatic carbocycles. The number of rotatable bonds is 8. The quantitative estimate of drug-likeness (QED) is 0.198. The van der Waals surface area contributed by atoms with E-state index in [1.54, 1.807) is 0 Å². The molecule has 3 aliphatic rings. The molecule has 0 aromatic rings. The van der Waals surface area contributed by atoms with Crippen LogP contribution in [0.1, 0.15) is 120 Å². The Morgan fingerprint density at radius 3 is 1.59 bits per heavy atom. The topological polar surface area (TPSA) is 144 Å². The van der Waals surface area contributed by atoms with E-state index < -0.39 is 45.1 Å². The van der Waals surface area contributed by atoms with Gasteiger partial charge in [-0.1, -0.05) is 0 Å². The second kappa shape index (κ2) is 11.5. The lowest BCUT2D eigenvalue weighted by molar-refractivity contribution is -0.281. The molecule has 3 fully saturated rings. The predicted molar refractivity (Wildman–Crippen MR) is 158 cm³/mol. The number of carboxylic acid groups (broad SMARTS) is 1. The third kappa shape index (κ3) is 6.71. The maximum atomic E-state index is 12.0. The zero-order valence-corrected chi connectivity index (χ0v) is 27.0. The van der Waals surface area contributed by atoms with Crippen LogP contribution in [0.2, 0.25) is 0 Å². The van der Waals surface area contributed by atoms with Crippen molar-refractivity contribution in [2.45, 2.75) is 159 Å². The minimum Gasteiger partial charge on any atom is -0.481 e. The number of aliphatic carboxylic acids is 1. The molecule has 10 nitrogen and oxygen atoms in total. The molecule has 3 saturated heterocycles. The highest BCUT2D eigenvalue weighted by atomic mass is 32.1. The van der Waals surface area contributed by atoms with Gasteiger partial charge in [-0.05, 0) is 132 Å². The molecule has 0 radical (unpaired) electrons. The molecule has 0 aliphatic carbocycles. The van der Waals surface area contributed by atoms with Crippen molar-refractivity contribution >= 4 is 23.3 Å². The van der Waals surface area contributed by atoms with Crippen molar-refractivity contribution in [3.63, 3.8) is 0 Å². The van der Waals surface area contributed by atoms with Gasteiger partial charge in [0.15, 0.2) is 0 Å². The number of carbonyl (C=O) groups is 1. The van der Waals surface area contributed by atoms with Crippen molar-refractivity contribution in [1.82, 2.24) is 15.2 Å². The molecule has 3 aliphatic heterocycles. The first-order chi connectivity index (χ1) is 18.7. The van der Waals surface area contributed by atoms with Crippen LogP contribution >= 0.6 is 12.2 Å². The van der Waals surface area contributed by atoms with Gasteiger partial charge in [0.2, 0.25) is 0 Å². The van der Waals surface area contributed by atoms with Gasteiger partial charge >= 0.3 is 5.97 Å². The molecule has 11 heteroatoms. The minimum atomic E-state index is -0.857. The van der Waals surface area contributed by atoms with Gasteiger partial charge in [-0.3, -0.25) is 4.79 Å². The molecule has 0 aromatic heterocycles. The molecule has 4 N–H and O–H groups in total. The lowest BCUT2D eigenvalue weighted by Gasteiger charge is -2.57. The standard InChI is InChI=1S/C30H51N5O5S/c1-25(2)13-21(19-31)14-27(5,33(25)38)9-11-29(7)17-23(32-20-41)18-30(8,35(29)40)12-10-28(6)16-22(24(36)37)15-26(3,4)34(28)39/h21-23,38-40H,9-18H2,1-8H3,(H,36,37). The summed E-state index contributed by atoms with van der Waals surface area (Å²) in [4.78, 5) is 16.4. The van der Waals surface area contributed by atoms with Crippen LogP contribution in [0.25, 0.3) is 0 Å². The van der Waals surface area contributed by atoms with Crippen molar-refractivity contribution in [3.05, 3.63) is 0 Å². The summed E-state index contributed by atoms with van der Waals surface area (Å²) < 4.78 is 0. The van der Waals surface area contributed by atoms with E-state index in [4.69, 9.17) is 12.2 Å². The van der Waals surface area contributed by atoms with E-state index in [2.05, 4.69) is 16.2 Å². The van der Waals surface area contributed by atoms with E-state index in [1.165, 1.54) is 15.2 Å². The Bertz CT molecular complexity index is 1090. The van der Waals surface area contributed by atoms with Crippen LogP contribution in [-0.2, 0) is 4.79 Å². The smallest absolute Gasteiger partial charge is 0.306 e. The Morgan fingerprint density at radius 1 is 0.756 bits per heavy atom. The van der Waals surface area contributed by atoms with Gasteiger partial charge in [-0.2, -0.15) is 20.5 Å². The van der Waals surface area contributed by atoms with Crippen LogP contribution in [0.3, 0.4) is 0 Å². The Morgan fingerprint density at radius 2 is 1.17 bits per heavy atom. The van der Waals surface area contributed by atoms with Crippen LogP contribution in [0.15, 0.2) is 4.99 Å². The molecule has 0 amide bonds. The second-order valence-electron chi connectivity index (χ2n) is 15.5. The number of hydroxylamine groups is 6. The highest BCUT2D eigenvalue weighted by molar-refractivity contribution is 7.78. The van der Waals surface area contributed by atoms with E-state index in [1.807, 2.05) is 55.4 Å². The first kappa shape index (κ1) is 34.0. The Labute approximate surface area is 250 Å². The van der Waals surface area contributed by atoms with Gasteiger partial charge < -0.3 is 20.7 Å². The van der Waals surface area contributed by atoms with Gasteiger partial charge in [0.05, 0.1) is 23.2 Å². The van der Waals surface area contributed by atoms with Crippen LogP contribution in [0.5, 0.6) is 0 Å². The van der Waals surface area contributed by atoms with Crippen molar-refractivity contribution in [1.29, 1.82) is 5.26 Å². The number of isothiocyanates is 1. The number of aliphatic imine (C=N–C) groups is 1. The molecule has 0 bridgehead atoms. The molecule has 3 rings (SSSR count). The normalized spacial score (nSPS) is 41.8. The lowest BCUT2D eigenvalue weighted by Crippen LogP contribution is -2.65. The summed E-state index contributed by atoms with van der Waals surface area (Å²) in [6.45, 7) is 15.5. The van der Waals surface area contributed by atoms with Crippen LogP contribution in [0.4, 0.5) is 0 Å². The number of hydrogen-bond donors (Lipinski definition) is 4. The van der Waals surface area contributed by atoms with E-state index in [9.17, 15) is 30.8 Å². The first-order valence-corrected chi connectivity index (χ1v) is 15.2. The largest absolute Gasteiger partial charge is 0.481 e. The maximum Gasteiger partial charge on any atom is 0.306 e. The third-order valence-corrected chi connectivity index (χ3v) is 10.7. The van der Waals surface area contributed by atoms with E-state index in [0.29, 0.717) is 64.2 Å². The predicted octanol–water partition coefficient (Wildman–Crippen LogP) is 5.91. The third-order valence-electron chi connectivity index (χ3n) is 10.6. The van der Waals surface area contributed by atoms with Crippen LogP contribution in [-0.4, -0.2) is 86.3 Å². The van der Waals surface area contributed by atoms with Gasteiger partial charge in [0.25, 0.3) is 0 Å².